The van der Waals surface area contributed by atoms with Crippen molar-refractivity contribution in [3.63, 3.8) is 0 Å². The van der Waals surface area contributed by atoms with E-state index in [9.17, 15) is 18.0 Å². The third kappa shape index (κ3) is 3.01. The van der Waals surface area contributed by atoms with Crippen molar-refractivity contribution in [1.29, 1.82) is 0 Å². The second kappa shape index (κ2) is 6.28. The van der Waals surface area contributed by atoms with Crippen molar-refractivity contribution >= 4 is 29.4 Å². The van der Waals surface area contributed by atoms with Crippen molar-refractivity contribution in [2.24, 2.45) is 4.99 Å². The zero-order chi connectivity index (χ0) is 17.3. The summed E-state index contributed by atoms with van der Waals surface area (Å²) in [7, 11) is 0. The fourth-order valence-corrected chi connectivity index (χ4v) is 2.91. The van der Waals surface area contributed by atoms with Gasteiger partial charge in [-0.2, -0.15) is 13.2 Å². The standard InChI is InChI=1S/C17H12ClF3N2O/c18-15-12(7-4-8-13(15)17(19,20)21)16(24)14-9-22-10-23(14)11-5-2-1-3-6-11/h1-8,10,14H,9H2. The molecule has 1 aliphatic heterocycles. The molecule has 7 heteroatoms. The van der Waals surface area contributed by atoms with Crippen LogP contribution in [0.3, 0.4) is 0 Å². The van der Waals surface area contributed by atoms with Crippen molar-refractivity contribution in [3.05, 3.63) is 64.7 Å². The first-order valence-corrected chi connectivity index (χ1v) is 7.50. The van der Waals surface area contributed by atoms with Gasteiger partial charge in [-0.05, 0) is 24.3 Å². The Balaban J connectivity index is 1.95. The number of hydrogen-bond acceptors (Lipinski definition) is 3. The van der Waals surface area contributed by atoms with Gasteiger partial charge in [0, 0.05) is 11.3 Å². The molecule has 2 aromatic rings. The Labute approximate surface area is 141 Å². The highest BCUT2D eigenvalue weighted by Crippen LogP contribution is 2.37. The fourth-order valence-electron chi connectivity index (χ4n) is 2.58. The first-order valence-electron chi connectivity index (χ1n) is 7.13. The van der Waals surface area contributed by atoms with Gasteiger partial charge in [-0.3, -0.25) is 9.79 Å². The minimum absolute atomic E-state index is 0.150. The number of Topliss-reactive ketones (excluding diaryl/α,β-unsaturated/α-hetero) is 1. The van der Waals surface area contributed by atoms with Crippen LogP contribution in [0.25, 0.3) is 0 Å². The molecule has 0 N–H and O–H groups in total. The minimum Gasteiger partial charge on any atom is -0.320 e. The zero-order valence-electron chi connectivity index (χ0n) is 12.3. The molecule has 0 fully saturated rings. The van der Waals surface area contributed by atoms with Gasteiger partial charge in [-0.25, -0.2) is 0 Å². The molecule has 1 atom stereocenters. The maximum absolute atomic E-state index is 13.0. The summed E-state index contributed by atoms with van der Waals surface area (Å²) in [6.07, 6.45) is -3.10. The minimum atomic E-state index is -4.61. The maximum atomic E-state index is 13.0. The van der Waals surface area contributed by atoms with Crippen molar-refractivity contribution in [1.82, 2.24) is 0 Å². The van der Waals surface area contributed by atoms with E-state index in [0.717, 1.165) is 11.8 Å². The van der Waals surface area contributed by atoms with Gasteiger partial charge in [0.25, 0.3) is 0 Å². The smallest absolute Gasteiger partial charge is 0.320 e. The largest absolute Gasteiger partial charge is 0.417 e. The van der Waals surface area contributed by atoms with Crippen LogP contribution in [-0.2, 0) is 6.18 Å². The molecule has 1 unspecified atom stereocenters. The van der Waals surface area contributed by atoms with E-state index in [1.807, 2.05) is 6.07 Å². The molecule has 3 rings (SSSR count). The summed E-state index contributed by atoms with van der Waals surface area (Å²) >= 11 is 5.86. The number of rotatable bonds is 3. The molecule has 1 heterocycles. The lowest BCUT2D eigenvalue weighted by Crippen LogP contribution is -2.38. The highest BCUT2D eigenvalue weighted by atomic mass is 35.5. The summed E-state index contributed by atoms with van der Waals surface area (Å²) in [4.78, 5) is 18.5. The Morgan fingerprint density at radius 2 is 1.83 bits per heavy atom. The Bertz CT molecular complexity index is 790. The fraction of sp³-hybridized carbons (Fsp3) is 0.176. The number of hydrogen-bond donors (Lipinski definition) is 0. The average molecular weight is 353 g/mol. The molecule has 0 saturated carbocycles. The number of anilines is 1. The monoisotopic (exact) mass is 352 g/mol. The molecule has 0 bridgehead atoms. The van der Waals surface area contributed by atoms with Crippen molar-refractivity contribution in [3.8, 4) is 0 Å². The molecule has 24 heavy (non-hydrogen) atoms. The summed E-state index contributed by atoms with van der Waals surface area (Å²) in [5.74, 6) is -0.493. The van der Waals surface area contributed by atoms with Crippen LogP contribution in [0, 0.1) is 0 Å². The van der Waals surface area contributed by atoms with E-state index in [4.69, 9.17) is 11.6 Å². The molecule has 0 spiro atoms. The molecule has 3 nitrogen and oxygen atoms in total. The zero-order valence-corrected chi connectivity index (χ0v) is 13.1. The Hall–Kier alpha value is -2.34. The third-order valence-electron chi connectivity index (χ3n) is 3.75. The SMILES string of the molecule is O=C(c1cccc(C(F)(F)F)c1Cl)C1CN=CN1c1ccccc1. The topological polar surface area (TPSA) is 32.7 Å². The first-order chi connectivity index (χ1) is 11.4. The van der Waals surface area contributed by atoms with E-state index < -0.39 is 28.6 Å². The molecule has 0 radical (unpaired) electrons. The summed E-state index contributed by atoms with van der Waals surface area (Å²) in [6.45, 7) is 0.167. The molecule has 0 amide bonds. The molecule has 1 aliphatic rings. The third-order valence-corrected chi connectivity index (χ3v) is 4.15. The van der Waals surface area contributed by atoms with Gasteiger partial charge >= 0.3 is 6.18 Å². The maximum Gasteiger partial charge on any atom is 0.417 e. The summed E-state index contributed by atoms with van der Waals surface area (Å²) < 4.78 is 38.9. The normalized spacial score (nSPS) is 17.3. The Morgan fingerprint density at radius 1 is 1.12 bits per heavy atom. The van der Waals surface area contributed by atoms with Crippen LogP contribution in [0.4, 0.5) is 18.9 Å². The van der Waals surface area contributed by atoms with Gasteiger partial charge in [0.1, 0.15) is 6.04 Å². The average Bonchev–Trinajstić information content (AvgIpc) is 3.04. The number of carbonyl (C=O) groups excluding carboxylic acids is 1. The highest BCUT2D eigenvalue weighted by molar-refractivity contribution is 6.35. The second-order valence-electron chi connectivity index (χ2n) is 5.27. The molecule has 0 aliphatic carbocycles. The van der Waals surface area contributed by atoms with Crippen LogP contribution in [0.5, 0.6) is 0 Å². The first kappa shape index (κ1) is 16.5. The number of nitrogens with zero attached hydrogens (tertiary/aromatic N) is 2. The van der Waals surface area contributed by atoms with E-state index in [1.54, 1.807) is 29.2 Å². The van der Waals surface area contributed by atoms with Gasteiger partial charge in [0.05, 0.1) is 23.5 Å². The second-order valence-corrected chi connectivity index (χ2v) is 5.65. The quantitative estimate of drug-likeness (QED) is 0.764. The summed E-state index contributed by atoms with van der Waals surface area (Å²) in [5, 5.41) is -0.574. The van der Waals surface area contributed by atoms with Crippen LogP contribution in [-0.4, -0.2) is 24.7 Å². The number of benzene rings is 2. The molecule has 124 valence electrons. The van der Waals surface area contributed by atoms with E-state index in [0.29, 0.717) is 0 Å². The van der Waals surface area contributed by atoms with Crippen molar-refractivity contribution in [2.45, 2.75) is 12.2 Å². The number of alkyl halides is 3. The van der Waals surface area contributed by atoms with Crippen LogP contribution in [0.1, 0.15) is 15.9 Å². The van der Waals surface area contributed by atoms with Gasteiger partial charge < -0.3 is 4.90 Å². The predicted molar refractivity (Wildman–Crippen MR) is 86.9 cm³/mol. The van der Waals surface area contributed by atoms with E-state index in [1.165, 1.54) is 18.5 Å². The molecular weight excluding hydrogens is 341 g/mol. The van der Waals surface area contributed by atoms with E-state index in [-0.39, 0.29) is 12.1 Å². The number of aliphatic imine (C=N–C) groups is 1. The van der Waals surface area contributed by atoms with Crippen LogP contribution in [0.2, 0.25) is 5.02 Å². The number of ketones is 1. The Morgan fingerprint density at radius 3 is 2.50 bits per heavy atom. The molecular formula is C17H12ClF3N2O. The van der Waals surface area contributed by atoms with Crippen molar-refractivity contribution < 1.29 is 18.0 Å². The van der Waals surface area contributed by atoms with Crippen LogP contribution < -0.4 is 4.90 Å². The number of halogens is 4. The lowest BCUT2D eigenvalue weighted by molar-refractivity contribution is -0.137. The van der Waals surface area contributed by atoms with Crippen molar-refractivity contribution in [2.75, 3.05) is 11.4 Å². The van der Waals surface area contributed by atoms with Gasteiger partial charge in [-0.1, -0.05) is 35.9 Å². The highest BCUT2D eigenvalue weighted by Gasteiger charge is 2.37. The lowest BCUT2D eigenvalue weighted by atomic mass is 10.0. The van der Waals surface area contributed by atoms with E-state index >= 15 is 0 Å². The molecule has 0 saturated heterocycles. The molecule has 2 aromatic carbocycles. The van der Waals surface area contributed by atoms with E-state index in [2.05, 4.69) is 4.99 Å². The van der Waals surface area contributed by atoms with Gasteiger partial charge in [-0.15, -0.1) is 0 Å². The van der Waals surface area contributed by atoms with Crippen LogP contribution in [0.15, 0.2) is 53.5 Å². The van der Waals surface area contributed by atoms with Gasteiger partial charge in [0.2, 0.25) is 0 Å². The summed E-state index contributed by atoms with van der Waals surface area (Å²) in [5.41, 5.74) is -0.427. The Kier molecular flexibility index (Phi) is 4.32. The molecule has 0 aromatic heterocycles. The van der Waals surface area contributed by atoms with Gasteiger partial charge in [0.15, 0.2) is 5.78 Å². The van der Waals surface area contributed by atoms with Crippen LogP contribution >= 0.6 is 11.6 Å². The number of para-hydroxylation sites is 1. The summed E-state index contributed by atoms with van der Waals surface area (Å²) in [6, 6.07) is 11.7. The predicted octanol–water partition coefficient (Wildman–Crippen LogP) is 4.46. The number of carbonyl (C=O) groups is 1. The lowest BCUT2D eigenvalue weighted by Gasteiger charge is -2.23.